The third-order valence-corrected chi connectivity index (χ3v) is 4.91. The van der Waals surface area contributed by atoms with Crippen LogP contribution in [0.1, 0.15) is 77.6 Å². The summed E-state index contributed by atoms with van der Waals surface area (Å²) in [4.78, 5) is 0. The van der Waals surface area contributed by atoms with Crippen LogP contribution in [0.3, 0.4) is 0 Å². The maximum atomic E-state index is 9.91. The number of aliphatic hydroxyl groups excluding tert-OH is 3. The second-order valence-electron chi connectivity index (χ2n) is 7.38. The highest BCUT2D eigenvalue weighted by Crippen LogP contribution is 2.17. The molecule has 1 aliphatic rings. The normalized spacial score (nSPS) is 24.5. The van der Waals surface area contributed by atoms with Gasteiger partial charge in [-0.1, -0.05) is 64.0 Å². The first-order chi connectivity index (χ1) is 12.7. The number of rotatable bonds is 16. The van der Waals surface area contributed by atoms with Gasteiger partial charge in [0.15, 0.2) is 0 Å². The lowest BCUT2D eigenvalue weighted by molar-refractivity contribution is -0.0811. The van der Waals surface area contributed by atoms with Crippen molar-refractivity contribution in [1.29, 1.82) is 0 Å². The SMILES string of the molecule is CCCCCCCCCC/C=C/CCCOC[C@@H](O)[C@H]1OC[C@H](O)[C@H]1O. The molecular formula is C21H40O5. The Morgan fingerprint density at radius 1 is 0.962 bits per heavy atom. The number of aliphatic hydroxyl groups is 3. The summed E-state index contributed by atoms with van der Waals surface area (Å²) < 4.78 is 10.6. The molecule has 5 heteroatoms. The summed E-state index contributed by atoms with van der Waals surface area (Å²) in [6.45, 7) is 3.01. The molecule has 1 aliphatic heterocycles. The molecule has 154 valence electrons. The van der Waals surface area contributed by atoms with Gasteiger partial charge in [0.1, 0.15) is 24.4 Å². The molecule has 1 saturated heterocycles. The van der Waals surface area contributed by atoms with Crippen molar-refractivity contribution in [3.8, 4) is 0 Å². The van der Waals surface area contributed by atoms with Gasteiger partial charge in [-0.25, -0.2) is 0 Å². The third kappa shape index (κ3) is 10.6. The molecule has 0 amide bonds. The highest BCUT2D eigenvalue weighted by Gasteiger charge is 2.39. The van der Waals surface area contributed by atoms with Crippen LogP contribution in [0.5, 0.6) is 0 Å². The van der Waals surface area contributed by atoms with Gasteiger partial charge in [0.05, 0.1) is 13.2 Å². The van der Waals surface area contributed by atoms with E-state index in [1.165, 1.54) is 51.4 Å². The highest BCUT2D eigenvalue weighted by atomic mass is 16.5. The van der Waals surface area contributed by atoms with Crippen molar-refractivity contribution in [2.75, 3.05) is 19.8 Å². The second kappa shape index (κ2) is 15.6. The van der Waals surface area contributed by atoms with E-state index in [1.807, 2.05) is 0 Å². The first kappa shape index (κ1) is 23.6. The Bertz CT molecular complexity index is 347. The first-order valence-corrected chi connectivity index (χ1v) is 10.5. The lowest BCUT2D eigenvalue weighted by Gasteiger charge is -2.20. The van der Waals surface area contributed by atoms with Crippen molar-refractivity contribution in [1.82, 2.24) is 0 Å². The van der Waals surface area contributed by atoms with E-state index in [9.17, 15) is 15.3 Å². The molecule has 0 spiro atoms. The molecule has 4 atom stereocenters. The second-order valence-corrected chi connectivity index (χ2v) is 7.38. The van der Waals surface area contributed by atoms with E-state index in [0.717, 1.165) is 19.3 Å². The van der Waals surface area contributed by atoms with Crippen LogP contribution in [0.25, 0.3) is 0 Å². The summed E-state index contributed by atoms with van der Waals surface area (Å²) in [5.41, 5.74) is 0. The molecule has 0 aromatic carbocycles. The Labute approximate surface area is 159 Å². The minimum absolute atomic E-state index is 0.0620. The molecule has 0 aliphatic carbocycles. The summed E-state index contributed by atoms with van der Waals surface area (Å²) >= 11 is 0. The molecule has 0 aromatic heterocycles. The number of hydrogen-bond acceptors (Lipinski definition) is 5. The van der Waals surface area contributed by atoms with E-state index in [1.54, 1.807) is 0 Å². The molecule has 0 radical (unpaired) electrons. The summed E-state index contributed by atoms with van der Waals surface area (Å²) in [5.74, 6) is 0. The van der Waals surface area contributed by atoms with Crippen LogP contribution in [0, 0.1) is 0 Å². The fourth-order valence-electron chi connectivity index (χ4n) is 3.20. The van der Waals surface area contributed by atoms with Gasteiger partial charge in [0, 0.05) is 6.61 Å². The Morgan fingerprint density at radius 2 is 1.58 bits per heavy atom. The molecule has 3 N–H and O–H groups in total. The van der Waals surface area contributed by atoms with Crippen LogP contribution in [0.2, 0.25) is 0 Å². The van der Waals surface area contributed by atoms with Crippen LogP contribution in [0.4, 0.5) is 0 Å². The van der Waals surface area contributed by atoms with Crippen molar-refractivity contribution < 1.29 is 24.8 Å². The van der Waals surface area contributed by atoms with Crippen molar-refractivity contribution in [2.45, 2.75) is 102 Å². The Balaban J connectivity index is 1.84. The van der Waals surface area contributed by atoms with E-state index in [-0.39, 0.29) is 13.2 Å². The molecule has 26 heavy (non-hydrogen) atoms. The standard InChI is InChI=1S/C21H40O5/c1-2-3-4-5-6-7-8-9-10-11-12-13-14-15-25-16-19(23)21-20(24)18(22)17-26-21/h11-12,18-24H,2-10,13-17H2,1H3/b12-11+/t18-,19+,20+,21+/m0/s1. The number of ether oxygens (including phenoxy) is 2. The van der Waals surface area contributed by atoms with Crippen molar-refractivity contribution in [3.63, 3.8) is 0 Å². The minimum Gasteiger partial charge on any atom is -0.388 e. The van der Waals surface area contributed by atoms with Gasteiger partial charge in [0.25, 0.3) is 0 Å². The van der Waals surface area contributed by atoms with Crippen LogP contribution in [-0.2, 0) is 9.47 Å². The molecule has 0 unspecified atom stereocenters. The number of unbranched alkanes of at least 4 members (excludes halogenated alkanes) is 9. The lowest BCUT2D eigenvalue weighted by atomic mass is 10.1. The van der Waals surface area contributed by atoms with E-state index in [0.29, 0.717) is 6.61 Å². The monoisotopic (exact) mass is 372 g/mol. The molecule has 0 saturated carbocycles. The molecule has 5 nitrogen and oxygen atoms in total. The molecule has 1 fully saturated rings. The van der Waals surface area contributed by atoms with Gasteiger partial charge in [-0.15, -0.1) is 0 Å². The average molecular weight is 373 g/mol. The predicted octanol–water partition coefficient (Wildman–Crippen LogP) is 3.35. The van der Waals surface area contributed by atoms with Gasteiger partial charge in [-0.2, -0.15) is 0 Å². The number of hydrogen-bond donors (Lipinski definition) is 3. The lowest BCUT2D eigenvalue weighted by Crippen LogP contribution is -2.40. The maximum absolute atomic E-state index is 9.91. The summed E-state index contributed by atoms with van der Waals surface area (Å²) in [6, 6.07) is 0. The summed E-state index contributed by atoms with van der Waals surface area (Å²) in [7, 11) is 0. The quantitative estimate of drug-likeness (QED) is 0.286. The van der Waals surface area contributed by atoms with E-state index >= 15 is 0 Å². The minimum atomic E-state index is -1.03. The maximum Gasteiger partial charge on any atom is 0.114 e. The van der Waals surface area contributed by atoms with Crippen LogP contribution in [-0.4, -0.2) is 59.6 Å². The van der Waals surface area contributed by atoms with Crippen molar-refractivity contribution in [3.05, 3.63) is 12.2 Å². The largest absolute Gasteiger partial charge is 0.388 e. The van der Waals surface area contributed by atoms with E-state index in [2.05, 4.69) is 19.1 Å². The molecule has 0 bridgehead atoms. The Morgan fingerprint density at radius 3 is 2.19 bits per heavy atom. The van der Waals surface area contributed by atoms with Crippen LogP contribution < -0.4 is 0 Å². The molecular weight excluding hydrogens is 332 g/mol. The van der Waals surface area contributed by atoms with Crippen LogP contribution >= 0.6 is 0 Å². The fourth-order valence-corrected chi connectivity index (χ4v) is 3.20. The van der Waals surface area contributed by atoms with Gasteiger partial charge in [-0.05, 0) is 25.7 Å². The van der Waals surface area contributed by atoms with Gasteiger partial charge >= 0.3 is 0 Å². The first-order valence-electron chi connectivity index (χ1n) is 10.5. The number of allylic oxidation sites excluding steroid dienone is 2. The zero-order valence-corrected chi connectivity index (χ0v) is 16.5. The summed E-state index contributed by atoms with van der Waals surface area (Å²) in [6.07, 6.45) is 14.8. The fraction of sp³-hybridized carbons (Fsp3) is 0.905. The Kier molecular flexibility index (Phi) is 14.1. The van der Waals surface area contributed by atoms with E-state index in [4.69, 9.17) is 9.47 Å². The van der Waals surface area contributed by atoms with Gasteiger partial charge in [-0.3, -0.25) is 0 Å². The highest BCUT2D eigenvalue weighted by molar-refractivity contribution is 4.87. The Hall–Kier alpha value is -0.460. The van der Waals surface area contributed by atoms with E-state index < -0.39 is 24.4 Å². The zero-order chi connectivity index (χ0) is 19.0. The predicted molar refractivity (Wildman–Crippen MR) is 104 cm³/mol. The smallest absolute Gasteiger partial charge is 0.114 e. The molecule has 1 rings (SSSR count). The van der Waals surface area contributed by atoms with Gasteiger partial charge < -0.3 is 24.8 Å². The van der Waals surface area contributed by atoms with Crippen LogP contribution in [0.15, 0.2) is 12.2 Å². The molecule has 0 aromatic rings. The van der Waals surface area contributed by atoms with Crippen molar-refractivity contribution >= 4 is 0 Å². The third-order valence-electron chi connectivity index (χ3n) is 4.91. The average Bonchev–Trinajstić information content (AvgIpc) is 2.97. The van der Waals surface area contributed by atoms with Crippen molar-refractivity contribution in [2.24, 2.45) is 0 Å². The zero-order valence-electron chi connectivity index (χ0n) is 16.5. The topological polar surface area (TPSA) is 79.2 Å². The molecule has 1 heterocycles. The van der Waals surface area contributed by atoms with Gasteiger partial charge in [0.2, 0.25) is 0 Å². The summed E-state index contributed by atoms with van der Waals surface area (Å²) in [5, 5.41) is 28.9.